The molecule has 0 bridgehead atoms. The smallest absolute Gasteiger partial charge is 0.237 e. The molecular formula is C18H24N4O9. The standard InChI is InChI=1S/C18H24N4O9/c23-10-7-13(26)20(16(10)29)4-1-19(2-5-21-14(27)8-11(24)17(21)30)3-6-22-15(28)9-12(25)18(22)31/h7-9,23-31H,1-6H2. The maximum absolute atomic E-state index is 9.84. The zero-order valence-corrected chi connectivity index (χ0v) is 16.3. The van der Waals surface area contributed by atoms with Crippen molar-refractivity contribution < 1.29 is 46.0 Å². The fourth-order valence-electron chi connectivity index (χ4n) is 3.26. The van der Waals surface area contributed by atoms with Crippen molar-refractivity contribution >= 4 is 0 Å². The quantitative estimate of drug-likeness (QED) is 0.220. The van der Waals surface area contributed by atoms with Crippen molar-refractivity contribution in [3.05, 3.63) is 18.2 Å². The fraction of sp³-hybridized carbons (Fsp3) is 0.333. The zero-order valence-electron chi connectivity index (χ0n) is 16.3. The molecule has 0 unspecified atom stereocenters. The van der Waals surface area contributed by atoms with Crippen LogP contribution in [0, 0.1) is 0 Å². The highest BCUT2D eigenvalue weighted by atomic mass is 16.3. The van der Waals surface area contributed by atoms with Gasteiger partial charge in [-0.1, -0.05) is 0 Å². The van der Waals surface area contributed by atoms with Crippen molar-refractivity contribution in [2.24, 2.45) is 0 Å². The molecule has 170 valence electrons. The minimum atomic E-state index is -0.520. The van der Waals surface area contributed by atoms with Gasteiger partial charge in [-0.15, -0.1) is 0 Å². The van der Waals surface area contributed by atoms with Crippen LogP contribution in [0.2, 0.25) is 0 Å². The molecule has 13 heteroatoms. The molecule has 13 nitrogen and oxygen atoms in total. The van der Waals surface area contributed by atoms with Crippen LogP contribution < -0.4 is 0 Å². The molecule has 31 heavy (non-hydrogen) atoms. The fourth-order valence-corrected chi connectivity index (χ4v) is 3.26. The van der Waals surface area contributed by atoms with Gasteiger partial charge in [0.05, 0.1) is 0 Å². The number of aromatic hydroxyl groups is 9. The summed E-state index contributed by atoms with van der Waals surface area (Å²) in [5, 5.41) is 87.5. The molecule has 0 aliphatic carbocycles. The zero-order chi connectivity index (χ0) is 22.9. The van der Waals surface area contributed by atoms with Crippen LogP contribution in [0.3, 0.4) is 0 Å². The van der Waals surface area contributed by atoms with Crippen molar-refractivity contribution in [1.29, 1.82) is 0 Å². The van der Waals surface area contributed by atoms with Gasteiger partial charge in [-0.05, 0) is 0 Å². The third-order valence-corrected chi connectivity index (χ3v) is 5.00. The SMILES string of the molecule is Oc1cc(O)n(CCN(CCn2c(O)cc(O)c2O)CCn2c(O)cc(O)c2O)c1O. The summed E-state index contributed by atoms with van der Waals surface area (Å²) < 4.78 is 3.19. The van der Waals surface area contributed by atoms with E-state index < -0.39 is 34.9 Å². The van der Waals surface area contributed by atoms with Gasteiger partial charge in [0.1, 0.15) is 0 Å². The summed E-state index contributed by atoms with van der Waals surface area (Å²) in [7, 11) is 0. The number of aromatic nitrogens is 3. The van der Waals surface area contributed by atoms with Crippen LogP contribution in [-0.4, -0.2) is 84.2 Å². The minimum absolute atomic E-state index is 0.0437. The number of rotatable bonds is 9. The highest BCUT2D eigenvalue weighted by molar-refractivity contribution is 5.41. The van der Waals surface area contributed by atoms with Gasteiger partial charge >= 0.3 is 0 Å². The average molecular weight is 440 g/mol. The first-order valence-electron chi connectivity index (χ1n) is 9.23. The Morgan fingerprint density at radius 3 is 0.935 bits per heavy atom. The Morgan fingerprint density at radius 2 is 0.742 bits per heavy atom. The summed E-state index contributed by atoms with van der Waals surface area (Å²) in [5.74, 6) is -4.09. The first-order chi connectivity index (χ1) is 14.6. The molecule has 0 aromatic carbocycles. The lowest BCUT2D eigenvalue weighted by molar-refractivity contribution is 0.219. The molecule has 3 rings (SSSR count). The van der Waals surface area contributed by atoms with Crippen LogP contribution in [0.5, 0.6) is 52.5 Å². The third-order valence-electron chi connectivity index (χ3n) is 5.00. The van der Waals surface area contributed by atoms with E-state index in [1.165, 1.54) is 0 Å². The Labute approximate surface area is 175 Å². The van der Waals surface area contributed by atoms with E-state index in [9.17, 15) is 46.0 Å². The van der Waals surface area contributed by atoms with Gasteiger partial charge < -0.3 is 46.0 Å². The van der Waals surface area contributed by atoms with Crippen molar-refractivity contribution in [3.63, 3.8) is 0 Å². The van der Waals surface area contributed by atoms with E-state index >= 15 is 0 Å². The van der Waals surface area contributed by atoms with Crippen molar-refractivity contribution in [1.82, 2.24) is 18.6 Å². The number of hydrogen-bond donors (Lipinski definition) is 9. The van der Waals surface area contributed by atoms with Gasteiger partial charge in [-0.25, -0.2) is 0 Å². The molecule has 0 spiro atoms. The van der Waals surface area contributed by atoms with Gasteiger partial charge in [0, 0.05) is 57.5 Å². The predicted molar refractivity (Wildman–Crippen MR) is 105 cm³/mol. The van der Waals surface area contributed by atoms with Gasteiger partial charge in [0.2, 0.25) is 17.6 Å². The van der Waals surface area contributed by atoms with Crippen molar-refractivity contribution in [2.45, 2.75) is 19.6 Å². The Kier molecular flexibility index (Phi) is 5.88. The highest BCUT2D eigenvalue weighted by Gasteiger charge is 2.18. The molecule has 0 aliphatic heterocycles. The average Bonchev–Trinajstić information content (AvgIpc) is 3.20. The lowest BCUT2D eigenvalue weighted by Crippen LogP contribution is -2.33. The summed E-state index contributed by atoms with van der Waals surface area (Å²) >= 11 is 0. The van der Waals surface area contributed by atoms with Crippen LogP contribution in [0.4, 0.5) is 0 Å². The first-order valence-corrected chi connectivity index (χ1v) is 9.23. The molecular weight excluding hydrogens is 416 g/mol. The Bertz CT molecular complexity index is 935. The second kappa shape index (κ2) is 8.39. The molecule has 3 aromatic rings. The molecule has 0 saturated carbocycles. The molecule has 0 atom stereocenters. The Morgan fingerprint density at radius 1 is 0.484 bits per heavy atom. The molecule has 9 N–H and O–H groups in total. The summed E-state index contributed by atoms with van der Waals surface area (Å²) in [6, 6.07) is 2.95. The van der Waals surface area contributed by atoms with E-state index in [2.05, 4.69) is 0 Å². The minimum Gasteiger partial charge on any atom is -0.503 e. The third kappa shape index (κ3) is 4.30. The van der Waals surface area contributed by atoms with Gasteiger partial charge in [-0.2, -0.15) is 0 Å². The topological polar surface area (TPSA) is 200 Å². The van der Waals surface area contributed by atoms with Gasteiger partial charge in [0.15, 0.2) is 34.9 Å². The van der Waals surface area contributed by atoms with Crippen LogP contribution in [0.1, 0.15) is 0 Å². The lowest BCUT2D eigenvalue weighted by atomic mass is 10.4. The summed E-state index contributed by atoms with van der Waals surface area (Å²) in [6.07, 6.45) is 0. The molecule has 3 aromatic heterocycles. The van der Waals surface area contributed by atoms with E-state index in [-0.39, 0.29) is 56.9 Å². The first kappa shape index (κ1) is 21.7. The normalized spacial score (nSPS) is 11.5. The Hall–Kier alpha value is -4.00. The van der Waals surface area contributed by atoms with Crippen LogP contribution in [0.25, 0.3) is 0 Å². The summed E-state index contributed by atoms with van der Waals surface area (Å²) in [6.45, 7) is 0.711. The number of hydrogen-bond acceptors (Lipinski definition) is 10. The molecule has 3 heterocycles. The van der Waals surface area contributed by atoms with Crippen molar-refractivity contribution in [3.8, 4) is 52.5 Å². The van der Waals surface area contributed by atoms with E-state index in [1.807, 2.05) is 0 Å². The van der Waals surface area contributed by atoms with E-state index in [0.29, 0.717) is 0 Å². The maximum atomic E-state index is 9.84. The lowest BCUT2D eigenvalue weighted by Gasteiger charge is -2.24. The van der Waals surface area contributed by atoms with E-state index in [0.717, 1.165) is 31.9 Å². The second-order valence-corrected chi connectivity index (χ2v) is 6.93. The van der Waals surface area contributed by atoms with E-state index in [1.54, 1.807) is 4.90 Å². The molecule has 0 saturated heterocycles. The van der Waals surface area contributed by atoms with Gasteiger partial charge in [0.25, 0.3) is 0 Å². The summed E-state index contributed by atoms with van der Waals surface area (Å²) in [5.41, 5.74) is 0. The molecule has 0 aliphatic rings. The maximum Gasteiger partial charge on any atom is 0.237 e. The van der Waals surface area contributed by atoms with Gasteiger partial charge in [-0.3, -0.25) is 18.6 Å². The van der Waals surface area contributed by atoms with Crippen LogP contribution in [-0.2, 0) is 19.6 Å². The monoisotopic (exact) mass is 440 g/mol. The molecule has 0 fully saturated rings. The molecule has 0 radical (unpaired) electrons. The largest absolute Gasteiger partial charge is 0.503 e. The predicted octanol–water partition coefficient (Wildman–Crippen LogP) is 0.144. The van der Waals surface area contributed by atoms with Crippen molar-refractivity contribution in [2.75, 3.05) is 19.6 Å². The Balaban J connectivity index is 1.73. The highest BCUT2D eigenvalue weighted by Crippen LogP contribution is 2.35. The van der Waals surface area contributed by atoms with Crippen LogP contribution >= 0.6 is 0 Å². The number of nitrogens with zero attached hydrogens (tertiary/aromatic N) is 4. The summed E-state index contributed by atoms with van der Waals surface area (Å²) in [4.78, 5) is 1.74. The van der Waals surface area contributed by atoms with E-state index in [4.69, 9.17) is 0 Å². The van der Waals surface area contributed by atoms with Crippen LogP contribution in [0.15, 0.2) is 18.2 Å². The molecule has 0 amide bonds. The second-order valence-electron chi connectivity index (χ2n) is 6.93.